The van der Waals surface area contributed by atoms with Crippen LogP contribution in [0.25, 0.3) is 0 Å². The Kier molecular flexibility index (Phi) is 10.2. The monoisotopic (exact) mass is 344 g/mol. The molecule has 0 aromatic heterocycles. The molecule has 0 aliphatic carbocycles. The number of nitrogens with zero attached hydrogens (tertiary/aromatic N) is 1. The average Bonchev–Trinajstić information content (AvgIpc) is 2.56. The van der Waals surface area contributed by atoms with Crippen molar-refractivity contribution in [3.8, 4) is 5.75 Å². The Bertz CT molecular complexity index is 451. The lowest BCUT2D eigenvalue weighted by Crippen LogP contribution is -2.43. The van der Waals surface area contributed by atoms with Crippen LogP contribution >= 0.6 is 11.6 Å². The molecule has 0 saturated heterocycles. The first-order valence-electron chi connectivity index (χ1n) is 7.57. The number of halogens is 1. The summed E-state index contributed by atoms with van der Waals surface area (Å²) < 4.78 is 15.6. The first-order valence-corrected chi connectivity index (χ1v) is 7.94. The molecule has 0 aliphatic heterocycles. The number of benzene rings is 1. The maximum absolute atomic E-state index is 12.1. The quantitative estimate of drug-likeness (QED) is 0.626. The van der Waals surface area contributed by atoms with Gasteiger partial charge >= 0.3 is 6.03 Å². The van der Waals surface area contributed by atoms with Gasteiger partial charge in [0.05, 0.1) is 24.8 Å². The molecule has 130 valence electrons. The second kappa shape index (κ2) is 12.0. The van der Waals surface area contributed by atoms with Gasteiger partial charge in [-0.3, -0.25) is 0 Å². The molecule has 6 nitrogen and oxygen atoms in total. The van der Waals surface area contributed by atoms with Crippen molar-refractivity contribution in [2.45, 2.75) is 6.42 Å². The van der Waals surface area contributed by atoms with E-state index < -0.39 is 0 Å². The highest BCUT2D eigenvalue weighted by Crippen LogP contribution is 2.22. The summed E-state index contributed by atoms with van der Waals surface area (Å²) in [5.74, 6) is 0.655. The minimum Gasteiger partial charge on any atom is -0.492 e. The lowest BCUT2D eigenvalue weighted by atomic mass is 10.3. The van der Waals surface area contributed by atoms with Crippen LogP contribution in [0.15, 0.2) is 24.3 Å². The van der Waals surface area contributed by atoms with Crippen molar-refractivity contribution in [2.24, 2.45) is 0 Å². The first-order chi connectivity index (χ1) is 11.2. The Morgan fingerprint density at radius 2 is 1.78 bits per heavy atom. The number of rotatable bonds is 11. The number of amides is 2. The Balaban J connectivity index is 2.24. The van der Waals surface area contributed by atoms with E-state index in [9.17, 15) is 4.79 Å². The fraction of sp³-hybridized carbons (Fsp3) is 0.562. The molecular formula is C16H25ClN2O4. The topological polar surface area (TPSA) is 60.0 Å². The number of hydrogen-bond donors (Lipinski definition) is 1. The average molecular weight is 345 g/mol. The number of urea groups is 1. The highest BCUT2D eigenvalue weighted by atomic mass is 35.5. The molecule has 0 spiro atoms. The fourth-order valence-corrected chi connectivity index (χ4v) is 2.03. The Labute approximate surface area is 142 Å². The van der Waals surface area contributed by atoms with E-state index in [1.807, 2.05) is 18.2 Å². The molecule has 1 aromatic carbocycles. The van der Waals surface area contributed by atoms with E-state index in [4.69, 9.17) is 25.8 Å². The van der Waals surface area contributed by atoms with E-state index in [1.165, 1.54) is 0 Å². The van der Waals surface area contributed by atoms with Crippen LogP contribution in [0.4, 0.5) is 4.79 Å². The van der Waals surface area contributed by atoms with Crippen molar-refractivity contribution >= 4 is 17.6 Å². The van der Waals surface area contributed by atoms with E-state index in [1.54, 1.807) is 25.2 Å². The number of nitrogens with one attached hydrogen (secondary N) is 1. The van der Waals surface area contributed by atoms with Crippen LogP contribution in [0.3, 0.4) is 0 Å². The largest absolute Gasteiger partial charge is 0.492 e. The molecule has 23 heavy (non-hydrogen) atoms. The predicted octanol–water partition coefficient (Wildman–Crippen LogP) is 2.41. The molecule has 1 rings (SSSR count). The van der Waals surface area contributed by atoms with E-state index in [-0.39, 0.29) is 6.03 Å². The number of ether oxygens (including phenoxy) is 3. The normalized spacial score (nSPS) is 10.4. The van der Waals surface area contributed by atoms with Crippen LogP contribution in [0.2, 0.25) is 5.02 Å². The SMILES string of the molecule is COCCN(CCOC)C(=O)NCCCOc1ccccc1Cl. The molecular weight excluding hydrogens is 320 g/mol. The second-order valence-electron chi connectivity index (χ2n) is 4.84. The van der Waals surface area contributed by atoms with Gasteiger partial charge in [-0.2, -0.15) is 0 Å². The lowest BCUT2D eigenvalue weighted by Gasteiger charge is -2.22. The smallest absolute Gasteiger partial charge is 0.317 e. The summed E-state index contributed by atoms with van der Waals surface area (Å²) in [6.45, 7) is 3.06. The third-order valence-corrected chi connectivity index (χ3v) is 3.42. The summed E-state index contributed by atoms with van der Waals surface area (Å²) in [6.07, 6.45) is 0.694. The number of carbonyl (C=O) groups is 1. The fourth-order valence-electron chi connectivity index (χ4n) is 1.84. The summed E-state index contributed by atoms with van der Waals surface area (Å²) >= 11 is 6.00. The van der Waals surface area contributed by atoms with Gasteiger partial charge in [0.15, 0.2) is 0 Å². The summed E-state index contributed by atoms with van der Waals surface area (Å²) in [6, 6.07) is 7.19. The maximum atomic E-state index is 12.1. The number of hydrogen-bond acceptors (Lipinski definition) is 4. The summed E-state index contributed by atoms with van der Waals surface area (Å²) in [5.41, 5.74) is 0. The van der Waals surface area contributed by atoms with Gasteiger partial charge in [0.2, 0.25) is 0 Å². The number of carbonyl (C=O) groups excluding carboxylic acids is 1. The first kappa shape index (κ1) is 19.5. The van der Waals surface area contributed by atoms with Gasteiger partial charge in [-0.05, 0) is 18.6 Å². The summed E-state index contributed by atoms with van der Waals surface area (Å²) in [5, 5.41) is 3.45. The molecule has 0 saturated carbocycles. The van der Waals surface area contributed by atoms with Crippen molar-refractivity contribution in [1.29, 1.82) is 0 Å². The highest BCUT2D eigenvalue weighted by molar-refractivity contribution is 6.32. The zero-order valence-corrected chi connectivity index (χ0v) is 14.5. The minimum absolute atomic E-state index is 0.128. The van der Waals surface area contributed by atoms with Crippen molar-refractivity contribution in [2.75, 3.05) is 53.7 Å². The molecule has 0 bridgehead atoms. The van der Waals surface area contributed by atoms with Gasteiger partial charge in [0.25, 0.3) is 0 Å². The van der Waals surface area contributed by atoms with Crippen molar-refractivity contribution in [1.82, 2.24) is 10.2 Å². The van der Waals surface area contributed by atoms with Gasteiger partial charge in [-0.15, -0.1) is 0 Å². The van der Waals surface area contributed by atoms with Gasteiger partial charge < -0.3 is 24.4 Å². The maximum Gasteiger partial charge on any atom is 0.317 e. The zero-order valence-electron chi connectivity index (χ0n) is 13.7. The highest BCUT2D eigenvalue weighted by Gasteiger charge is 2.12. The third kappa shape index (κ3) is 8.06. The van der Waals surface area contributed by atoms with Gasteiger partial charge in [-0.25, -0.2) is 4.79 Å². The molecule has 7 heteroatoms. The molecule has 0 heterocycles. The number of para-hydroxylation sites is 1. The second-order valence-corrected chi connectivity index (χ2v) is 5.24. The van der Waals surface area contributed by atoms with Crippen LogP contribution in [-0.2, 0) is 9.47 Å². The standard InChI is InChI=1S/C16H25ClN2O4/c1-21-12-9-19(10-13-22-2)16(20)18-8-5-11-23-15-7-4-3-6-14(15)17/h3-4,6-7H,5,8-13H2,1-2H3,(H,18,20). The van der Waals surface area contributed by atoms with Gasteiger partial charge in [-0.1, -0.05) is 23.7 Å². The molecule has 0 fully saturated rings. The van der Waals surface area contributed by atoms with Crippen molar-refractivity contribution < 1.29 is 19.0 Å². The minimum atomic E-state index is -0.128. The van der Waals surface area contributed by atoms with Crippen LogP contribution in [0.1, 0.15) is 6.42 Å². The van der Waals surface area contributed by atoms with Crippen molar-refractivity contribution in [3.05, 3.63) is 29.3 Å². The molecule has 1 N–H and O–H groups in total. The lowest BCUT2D eigenvalue weighted by molar-refractivity contribution is 0.122. The molecule has 0 atom stereocenters. The molecule has 0 aliphatic rings. The summed E-state index contributed by atoms with van der Waals surface area (Å²) in [7, 11) is 3.22. The number of methoxy groups -OCH3 is 2. The van der Waals surface area contributed by atoms with Crippen molar-refractivity contribution in [3.63, 3.8) is 0 Å². The van der Waals surface area contributed by atoms with Crippen LogP contribution in [-0.4, -0.2) is 64.6 Å². The van der Waals surface area contributed by atoms with Gasteiger partial charge in [0, 0.05) is 33.9 Å². The predicted molar refractivity (Wildman–Crippen MR) is 90.3 cm³/mol. The summed E-state index contributed by atoms with van der Waals surface area (Å²) in [4.78, 5) is 13.8. The van der Waals surface area contributed by atoms with Gasteiger partial charge in [0.1, 0.15) is 5.75 Å². The molecule has 0 unspecified atom stereocenters. The zero-order chi connectivity index (χ0) is 16.9. The van der Waals surface area contributed by atoms with E-state index in [0.717, 1.165) is 0 Å². The van der Waals surface area contributed by atoms with E-state index in [2.05, 4.69) is 5.32 Å². The Morgan fingerprint density at radius 1 is 1.13 bits per heavy atom. The molecule has 1 aromatic rings. The van der Waals surface area contributed by atoms with E-state index >= 15 is 0 Å². The Morgan fingerprint density at radius 3 is 2.39 bits per heavy atom. The Hall–Kier alpha value is -1.50. The van der Waals surface area contributed by atoms with E-state index in [0.29, 0.717) is 56.6 Å². The molecule has 2 amide bonds. The molecule has 0 radical (unpaired) electrons. The van der Waals surface area contributed by atoms with Crippen LogP contribution in [0.5, 0.6) is 5.75 Å². The van der Waals surface area contributed by atoms with Crippen LogP contribution < -0.4 is 10.1 Å². The van der Waals surface area contributed by atoms with Crippen LogP contribution in [0, 0.1) is 0 Å². The third-order valence-electron chi connectivity index (χ3n) is 3.11.